The number of carbonyl (C=O) groups excluding carboxylic acids is 2. The molecule has 7 nitrogen and oxygen atoms in total. The molecule has 1 aliphatic rings. The smallest absolute Gasteiger partial charge is 0.266 e. The number of nitrogens with zero attached hydrogens (tertiary/aromatic N) is 2. The van der Waals surface area contributed by atoms with Crippen molar-refractivity contribution in [3.63, 3.8) is 0 Å². The Morgan fingerprint density at radius 3 is 2.66 bits per heavy atom. The number of para-hydroxylation sites is 1. The molecule has 0 unspecified atom stereocenters. The molecule has 0 atom stereocenters. The van der Waals surface area contributed by atoms with Crippen molar-refractivity contribution < 1.29 is 19.1 Å². The van der Waals surface area contributed by atoms with E-state index in [0.29, 0.717) is 38.9 Å². The largest absolute Gasteiger partial charge is 0.490 e. The molecule has 196 valence electrons. The molecule has 3 aromatic rings. The van der Waals surface area contributed by atoms with Crippen molar-refractivity contribution in [3.05, 3.63) is 86.2 Å². The fraction of sp³-hybridized carbons (Fsp3) is 0.179. The van der Waals surface area contributed by atoms with Crippen LogP contribution in [0.15, 0.2) is 75.0 Å². The molecule has 3 aromatic carbocycles. The first-order chi connectivity index (χ1) is 18.2. The van der Waals surface area contributed by atoms with Crippen LogP contribution in [0.5, 0.6) is 11.5 Å². The van der Waals surface area contributed by atoms with Crippen LogP contribution in [0.4, 0.5) is 11.4 Å². The van der Waals surface area contributed by atoms with E-state index in [1.165, 1.54) is 16.7 Å². The summed E-state index contributed by atoms with van der Waals surface area (Å²) in [7, 11) is 1.68. The SMILES string of the molecule is CCOc1cc(/C=C2/SC(=Nc3ccc(Br)c(Cl)c3)N(C)C2=O)ccc1OCC(=O)Nc1ccccc1C. The minimum Gasteiger partial charge on any atom is -0.490 e. The Morgan fingerprint density at radius 2 is 1.92 bits per heavy atom. The first kappa shape index (κ1) is 27.8. The van der Waals surface area contributed by atoms with Gasteiger partial charge in [-0.1, -0.05) is 35.9 Å². The first-order valence-electron chi connectivity index (χ1n) is 11.7. The molecule has 1 aliphatic heterocycles. The standard InChI is InChI=1S/C28H25BrClN3O4S/c1-4-36-24-13-18(9-12-23(24)37-16-26(34)32-22-8-6-5-7-17(22)2)14-25-27(35)33(3)28(38-25)31-19-10-11-20(29)21(30)15-19/h5-15H,4,16H2,1-3H3,(H,32,34)/b25-14+,31-28?. The number of carbonyl (C=O) groups is 2. The van der Waals surface area contributed by atoms with Gasteiger partial charge in [-0.05, 0) is 95.1 Å². The maximum absolute atomic E-state index is 12.9. The van der Waals surface area contributed by atoms with Gasteiger partial charge in [-0.3, -0.25) is 14.5 Å². The zero-order chi connectivity index (χ0) is 27.2. The van der Waals surface area contributed by atoms with Gasteiger partial charge in [0.2, 0.25) is 0 Å². The summed E-state index contributed by atoms with van der Waals surface area (Å²) in [5, 5.41) is 3.93. The predicted molar refractivity (Wildman–Crippen MR) is 157 cm³/mol. The topological polar surface area (TPSA) is 80.2 Å². The van der Waals surface area contributed by atoms with Crippen LogP contribution >= 0.6 is 39.3 Å². The molecule has 4 rings (SSSR count). The number of ether oxygens (including phenoxy) is 2. The second-order valence-electron chi connectivity index (χ2n) is 8.26. The number of benzene rings is 3. The summed E-state index contributed by atoms with van der Waals surface area (Å²) in [6.45, 7) is 4.03. The van der Waals surface area contributed by atoms with E-state index in [9.17, 15) is 9.59 Å². The molecule has 1 saturated heterocycles. The van der Waals surface area contributed by atoms with Crippen molar-refractivity contribution in [1.82, 2.24) is 4.90 Å². The van der Waals surface area contributed by atoms with Gasteiger partial charge in [0.05, 0.1) is 22.2 Å². The number of aryl methyl sites for hydroxylation is 1. The number of aliphatic imine (C=N–C) groups is 1. The summed E-state index contributed by atoms with van der Waals surface area (Å²) < 4.78 is 12.3. The van der Waals surface area contributed by atoms with E-state index in [1.807, 2.05) is 56.3 Å². The maximum Gasteiger partial charge on any atom is 0.266 e. The third kappa shape index (κ3) is 6.78. The molecule has 1 fully saturated rings. The Hall–Kier alpha value is -3.27. The molecule has 0 spiro atoms. The number of amides is 2. The summed E-state index contributed by atoms with van der Waals surface area (Å²) in [6, 6.07) is 18.2. The van der Waals surface area contributed by atoms with Crippen LogP contribution in [-0.2, 0) is 9.59 Å². The van der Waals surface area contributed by atoms with Crippen LogP contribution < -0.4 is 14.8 Å². The van der Waals surface area contributed by atoms with E-state index < -0.39 is 0 Å². The molecule has 10 heteroatoms. The Morgan fingerprint density at radius 1 is 1.13 bits per heavy atom. The van der Waals surface area contributed by atoms with E-state index in [4.69, 9.17) is 21.1 Å². The highest BCUT2D eigenvalue weighted by Gasteiger charge is 2.30. The zero-order valence-electron chi connectivity index (χ0n) is 21.0. The highest BCUT2D eigenvalue weighted by molar-refractivity contribution is 9.10. The van der Waals surface area contributed by atoms with Gasteiger partial charge in [0.1, 0.15) is 0 Å². The summed E-state index contributed by atoms with van der Waals surface area (Å²) in [4.78, 5) is 31.9. The van der Waals surface area contributed by atoms with Crippen LogP contribution in [0, 0.1) is 6.92 Å². The predicted octanol–water partition coefficient (Wildman–Crippen LogP) is 7.06. The van der Waals surface area contributed by atoms with Crippen LogP contribution in [0.1, 0.15) is 18.1 Å². The number of likely N-dealkylation sites (N-methyl/N-ethyl adjacent to an activating group) is 1. The summed E-state index contributed by atoms with van der Waals surface area (Å²) in [6.07, 6.45) is 1.78. The lowest BCUT2D eigenvalue weighted by atomic mass is 10.2. The Balaban J connectivity index is 1.48. The fourth-order valence-electron chi connectivity index (χ4n) is 3.51. The number of thioether (sulfide) groups is 1. The van der Waals surface area contributed by atoms with Crippen molar-refractivity contribution in [2.24, 2.45) is 4.99 Å². The van der Waals surface area contributed by atoms with Gasteiger partial charge >= 0.3 is 0 Å². The van der Waals surface area contributed by atoms with E-state index in [2.05, 4.69) is 26.2 Å². The van der Waals surface area contributed by atoms with Gasteiger partial charge in [0.25, 0.3) is 11.8 Å². The lowest BCUT2D eigenvalue weighted by molar-refractivity contribution is -0.121. The number of rotatable bonds is 8. The van der Waals surface area contributed by atoms with E-state index in [0.717, 1.165) is 21.3 Å². The summed E-state index contributed by atoms with van der Waals surface area (Å²) in [5.74, 6) is 0.476. The molecule has 1 heterocycles. The average Bonchev–Trinajstić information content (AvgIpc) is 3.15. The number of nitrogens with one attached hydrogen (secondary N) is 1. The highest BCUT2D eigenvalue weighted by Crippen LogP contribution is 2.36. The van der Waals surface area contributed by atoms with Crippen molar-refractivity contribution in [2.75, 3.05) is 25.6 Å². The molecule has 38 heavy (non-hydrogen) atoms. The molecule has 0 radical (unpaired) electrons. The third-order valence-electron chi connectivity index (χ3n) is 5.47. The molecular formula is C28H25BrClN3O4S. The number of hydrogen-bond donors (Lipinski definition) is 1. The number of halogens is 2. The monoisotopic (exact) mass is 613 g/mol. The Kier molecular flexibility index (Phi) is 9.14. The van der Waals surface area contributed by atoms with Gasteiger partial charge in [-0.15, -0.1) is 0 Å². The van der Waals surface area contributed by atoms with E-state index in [-0.39, 0.29) is 18.4 Å². The Labute approximate surface area is 239 Å². The van der Waals surface area contributed by atoms with Crippen LogP contribution in [0.2, 0.25) is 5.02 Å². The second-order valence-corrected chi connectivity index (χ2v) is 10.5. The number of anilines is 1. The summed E-state index contributed by atoms with van der Waals surface area (Å²) in [5.41, 5.74) is 3.10. The molecule has 0 aromatic heterocycles. The van der Waals surface area contributed by atoms with Crippen molar-refractivity contribution in [3.8, 4) is 11.5 Å². The minimum atomic E-state index is -0.275. The quantitative estimate of drug-likeness (QED) is 0.275. The van der Waals surface area contributed by atoms with Crippen molar-refractivity contribution in [1.29, 1.82) is 0 Å². The average molecular weight is 615 g/mol. The highest BCUT2D eigenvalue weighted by atomic mass is 79.9. The molecule has 1 N–H and O–H groups in total. The van der Waals surface area contributed by atoms with E-state index >= 15 is 0 Å². The lowest BCUT2D eigenvalue weighted by Crippen LogP contribution is -2.23. The molecule has 0 aliphatic carbocycles. The maximum atomic E-state index is 12.9. The summed E-state index contributed by atoms with van der Waals surface area (Å²) >= 11 is 10.8. The van der Waals surface area contributed by atoms with Gasteiger partial charge in [0, 0.05) is 17.2 Å². The number of hydrogen-bond acceptors (Lipinski definition) is 6. The first-order valence-corrected chi connectivity index (χ1v) is 13.7. The van der Waals surface area contributed by atoms with E-state index in [1.54, 1.807) is 31.3 Å². The lowest BCUT2D eigenvalue weighted by Gasteiger charge is -2.13. The second kappa shape index (κ2) is 12.5. The molecule has 2 amide bonds. The van der Waals surface area contributed by atoms with Crippen molar-refractivity contribution >= 4 is 73.7 Å². The molecular weight excluding hydrogens is 590 g/mol. The molecule has 0 bridgehead atoms. The van der Waals surface area contributed by atoms with Crippen LogP contribution in [0.25, 0.3) is 6.08 Å². The van der Waals surface area contributed by atoms with Gasteiger partial charge in [-0.2, -0.15) is 0 Å². The zero-order valence-corrected chi connectivity index (χ0v) is 24.1. The van der Waals surface area contributed by atoms with Crippen molar-refractivity contribution in [2.45, 2.75) is 13.8 Å². The Bertz CT molecular complexity index is 1440. The van der Waals surface area contributed by atoms with Gasteiger partial charge < -0.3 is 14.8 Å². The third-order valence-corrected chi connectivity index (χ3v) is 7.77. The van der Waals surface area contributed by atoms with Gasteiger partial charge in [-0.25, -0.2) is 4.99 Å². The normalized spacial score (nSPS) is 15.3. The number of amidine groups is 1. The molecule has 0 saturated carbocycles. The fourth-order valence-corrected chi connectivity index (χ4v) is 4.92. The van der Waals surface area contributed by atoms with Crippen LogP contribution in [0.3, 0.4) is 0 Å². The van der Waals surface area contributed by atoms with Crippen LogP contribution in [-0.4, -0.2) is 42.1 Å². The minimum absolute atomic E-state index is 0.164. The van der Waals surface area contributed by atoms with Gasteiger partial charge in [0.15, 0.2) is 23.3 Å².